The number of carboxylic acid groups (broad SMARTS) is 1. The lowest BCUT2D eigenvalue weighted by Gasteiger charge is -2.14. The molecule has 0 aromatic heterocycles. The molecule has 1 heterocycles. The first-order valence-corrected chi connectivity index (χ1v) is 5.71. The third-order valence-electron chi connectivity index (χ3n) is 2.86. The van der Waals surface area contributed by atoms with Crippen molar-refractivity contribution in [3.05, 3.63) is 0 Å². The Bertz CT molecular complexity index is 190. The van der Waals surface area contributed by atoms with Crippen molar-refractivity contribution in [1.82, 2.24) is 5.32 Å². The van der Waals surface area contributed by atoms with Crippen molar-refractivity contribution < 1.29 is 14.6 Å². The summed E-state index contributed by atoms with van der Waals surface area (Å²) in [5, 5.41) is 11.9. The summed E-state index contributed by atoms with van der Waals surface area (Å²) < 4.78 is 5.29. The maximum absolute atomic E-state index is 10.3. The number of carboxylic acids is 1. The Kier molecular flexibility index (Phi) is 5.65. The molecular weight excluding hydrogens is 194 g/mol. The summed E-state index contributed by atoms with van der Waals surface area (Å²) in [6.45, 7) is 4.80. The second-order valence-corrected chi connectivity index (χ2v) is 4.31. The van der Waals surface area contributed by atoms with Crippen LogP contribution in [0, 0.1) is 5.92 Å². The van der Waals surface area contributed by atoms with Crippen LogP contribution in [0.5, 0.6) is 0 Å². The number of rotatable bonds is 7. The van der Waals surface area contributed by atoms with Crippen molar-refractivity contribution in [3.63, 3.8) is 0 Å². The maximum atomic E-state index is 10.3. The van der Waals surface area contributed by atoms with Crippen LogP contribution in [0.1, 0.15) is 32.6 Å². The van der Waals surface area contributed by atoms with E-state index in [0.29, 0.717) is 18.4 Å². The van der Waals surface area contributed by atoms with Gasteiger partial charge >= 0.3 is 5.97 Å². The largest absolute Gasteiger partial charge is 0.481 e. The zero-order chi connectivity index (χ0) is 11.1. The molecule has 1 fully saturated rings. The van der Waals surface area contributed by atoms with Crippen molar-refractivity contribution in [3.8, 4) is 0 Å². The molecule has 15 heavy (non-hydrogen) atoms. The van der Waals surface area contributed by atoms with Crippen LogP contribution in [-0.4, -0.2) is 36.9 Å². The van der Waals surface area contributed by atoms with Crippen molar-refractivity contribution in [2.75, 3.05) is 19.8 Å². The first-order valence-electron chi connectivity index (χ1n) is 5.71. The van der Waals surface area contributed by atoms with Crippen LogP contribution in [0.3, 0.4) is 0 Å². The minimum absolute atomic E-state index is 0.251. The van der Waals surface area contributed by atoms with E-state index in [1.165, 1.54) is 6.42 Å². The summed E-state index contributed by atoms with van der Waals surface area (Å²) >= 11 is 0. The standard InChI is InChI=1S/C11H21NO3/c1-9(2-3-11(13)14)12-6-4-10-5-7-15-8-10/h9-10,12H,2-8H2,1H3,(H,13,14). The van der Waals surface area contributed by atoms with Gasteiger partial charge in [0.2, 0.25) is 0 Å². The molecule has 0 amide bonds. The average molecular weight is 215 g/mol. The van der Waals surface area contributed by atoms with Gasteiger partial charge in [0.1, 0.15) is 0 Å². The number of aliphatic carboxylic acids is 1. The van der Waals surface area contributed by atoms with E-state index in [-0.39, 0.29) is 6.42 Å². The lowest BCUT2D eigenvalue weighted by atomic mass is 10.0. The van der Waals surface area contributed by atoms with E-state index in [9.17, 15) is 4.79 Å². The summed E-state index contributed by atoms with van der Waals surface area (Å²) in [6.07, 6.45) is 3.26. The molecule has 0 aromatic carbocycles. The first kappa shape index (κ1) is 12.5. The Hall–Kier alpha value is -0.610. The normalized spacial score (nSPS) is 22.9. The van der Waals surface area contributed by atoms with Crippen molar-refractivity contribution >= 4 is 5.97 Å². The summed E-state index contributed by atoms with van der Waals surface area (Å²) in [5.41, 5.74) is 0. The van der Waals surface area contributed by atoms with Gasteiger partial charge in [-0.15, -0.1) is 0 Å². The number of ether oxygens (including phenoxy) is 1. The van der Waals surface area contributed by atoms with Gasteiger partial charge in [-0.25, -0.2) is 0 Å². The highest BCUT2D eigenvalue weighted by molar-refractivity contribution is 5.66. The van der Waals surface area contributed by atoms with Gasteiger partial charge < -0.3 is 15.2 Å². The Balaban J connectivity index is 1.96. The highest BCUT2D eigenvalue weighted by atomic mass is 16.5. The molecule has 0 aliphatic carbocycles. The maximum Gasteiger partial charge on any atom is 0.303 e. The van der Waals surface area contributed by atoms with Crippen LogP contribution in [-0.2, 0) is 9.53 Å². The molecular formula is C11H21NO3. The molecule has 1 rings (SSSR count). The van der Waals surface area contributed by atoms with Crippen LogP contribution in [0.4, 0.5) is 0 Å². The van der Waals surface area contributed by atoms with Crippen molar-refractivity contribution in [2.45, 2.75) is 38.6 Å². The fourth-order valence-electron chi connectivity index (χ4n) is 1.79. The Labute approximate surface area is 91.0 Å². The predicted molar refractivity (Wildman–Crippen MR) is 57.9 cm³/mol. The summed E-state index contributed by atoms with van der Waals surface area (Å²) in [7, 11) is 0. The van der Waals surface area contributed by atoms with E-state index in [1.54, 1.807) is 0 Å². The zero-order valence-electron chi connectivity index (χ0n) is 9.37. The lowest BCUT2D eigenvalue weighted by molar-refractivity contribution is -0.137. The molecule has 4 nitrogen and oxygen atoms in total. The fraction of sp³-hybridized carbons (Fsp3) is 0.909. The predicted octanol–water partition coefficient (Wildman–Crippen LogP) is 1.26. The highest BCUT2D eigenvalue weighted by Crippen LogP contribution is 2.15. The molecule has 1 aliphatic heterocycles. The van der Waals surface area contributed by atoms with Gasteiger partial charge in [0.05, 0.1) is 0 Å². The van der Waals surface area contributed by atoms with Crippen LogP contribution in [0.2, 0.25) is 0 Å². The minimum atomic E-state index is -0.715. The first-order chi connectivity index (χ1) is 7.18. The third kappa shape index (κ3) is 5.74. The molecule has 0 spiro atoms. The number of nitrogens with one attached hydrogen (secondary N) is 1. The van der Waals surface area contributed by atoms with Crippen LogP contribution >= 0.6 is 0 Å². The lowest BCUT2D eigenvalue weighted by Crippen LogP contribution is -2.28. The second kappa shape index (κ2) is 6.80. The van der Waals surface area contributed by atoms with E-state index >= 15 is 0 Å². The molecule has 0 bridgehead atoms. The molecule has 1 aliphatic rings. The van der Waals surface area contributed by atoms with Gasteiger partial charge in [0.15, 0.2) is 0 Å². The topological polar surface area (TPSA) is 58.6 Å². The van der Waals surface area contributed by atoms with Gasteiger partial charge in [-0.1, -0.05) is 0 Å². The van der Waals surface area contributed by atoms with E-state index < -0.39 is 5.97 Å². The third-order valence-corrected chi connectivity index (χ3v) is 2.86. The van der Waals surface area contributed by atoms with E-state index in [0.717, 1.165) is 26.2 Å². The Morgan fingerprint density at radius 3 is 3.07 bits per heavy atom. The fourth-order valence-corrected chi connectivity index (χ4v) is 1.79. The Morgan fingerprint density at radius 2 is 2.47 bits per heavy atom. The highest BCUT2D eigenvalue weighted by Gasteiger charge is 2.15. The smallest absolute Gasteiger partial charge is 0.303 e. The van der Waals surface area contributed by atoms with E-state index in [4.69, 9.17) is 9.84 Å². The van der Waals surface area contributed by atoms with Crippen molar-refractivity contribution in [2.24, 2.45) is 5.92 Å². The molecule has 2 atom stereocenters. The summed E-state index contributed by atoms with van der Waals surface area (Å²) in [5.74, 6) is -0.0167. The SMILES string of the molecule is CC(CCC(=O)O)NCCC1CCOC1. The minimum Gasteiger partial charge on any atom is -0.481 e. The summed E-state index contributed by atoms with van der Waals surface area (Å²) in [6, 6.07) is 0.295. The molecule has 2 unspecified atom stereocenters. The monoisotopic (exact) mass is 215 g/mol. The molecule has 0 radical (unpaired) electrons. The number of hydrogen-bond acceptors (Lipinski definition) is 3. The average Bonchev–Trinajstić information content (AvgIpc) is 2.67. The van der Waals surface area contributed by atoms with Crippen LogP contribution in [0.15, 0.2) is 0 Å². The van der Waals surface area contributed by atoms with Gasteiger partial charge in [0.25, 0.3) is 0 Å². The summed E-state index contributed by atoms with van der Waals surface area (Å²) in [4.78, 5) is 10.3. The van der Waals surface area contributed by atoms with Gasteiger partial charge in [-0.2, -0.15) is 0 Å². The molecule has 0 saturated carbocycles. The van der Waals surface area contributed by atoms with Gasteiger partial charge in [0, 0.05) is 25.7 Å². The molecule has 2 N–H and O–H groups in total. The molecule has 88 valence electrons. The van der Waals surface area contributed by atoms with Crippen LogP contribution in [0.25, 0.3) is 0 Å². The van der Waals surface area contributed by atoms with Crippen molar-refractivity contribution in [1.29, 1.82) is 0 Å². The zero-order valence-corrected chi connectivity index (χ0v) is 9.37. The number of hydrogen-bond donors (Lipinski definition) is 2. The van der Waals surface area contributed by atoms with Crippen LogP contribution < -0.4 is 5.32 Å². The second-order valence-electron chi connectivity index (χ2n) is 4.31. The quantitative estimate of drug-likeness (QED) is 0.671. The Morgan fingerprint density at radius 1 is 1.67 bits per heavy atom. The van der Waals surface area contributed by atoms with E-state index in [2.05, 4.69) is 5.32 Å². The number of carbonyl (C=O) groups is 1. The van der Waals surface area contributed by atoms with E-state index in [1.807, 2.05) is 6.92 Å². The van der Waals surface area contributed by atoms with Gasteiger partial charge in [-0.3, -0.25) is 4.79 Å². The van der Waals surface area contributed by atoms with Gasteiger partial charge in [-0.05, 0) is 38.6 Å². The molecule has 4 heteroatoms. The molecule has 0 aromatic rings. The molecule has 1 saturated heterocycles.